The Balaban J connectivity index is 0.00000191. The Bertz CT molecular complexity index is 548. The maximum absolute atomic E-state index is 11.5. The van der Waals surface area contributed by atoms with Gasteiger partial charge in [-0.1, -0.05) is 13.8 Å². The van der Waals surface area contributed by atoms with Crippen molar-refractivity contribution >= 4 is 24.0 Å². The molecule has 1 aromatic rings. The van der Waals surface area contributed by atoms with Crippen molar-refractivity contribution in [2.45, 2.75) is 33.1 Å². The molecule has 0 aliphatic rings. The van der Waals surface area contributed by atoms with Gasteiger partial charge in [-0.05, 0) is 19.3 Å². The lowest BCUT2D eigenvalue weighted by atomic mass is 10.2. The minimum absolute atomic E-state index is 0.0474. The summed E-state index contributed by atoms with van der Waals surface area (Å²) in [4.78, 5) is 41.0. The summed E-state index contributed by atoms with van der Waals surface area (Å²) in [7, 11) is 0. The van der Waals surface area contributed by atoms with E-state index in [1.165, 1.54) is 0 Å². The number of nitrogens with one attached hydrogen (secondary N) is 3. The van der Waals surface area contributed by atoms with Crippen molar-refractivity contribution < 1.29 is 9.90 Å². The maximum atomic E-state index is 11.5. The largest absolute Gasteiger partial charge is 0.396 e. The predicted molar refractivity (Wildman–Crippen MR) is 82.7 cm³/mol. The summed E-state index contributed by atoms with van der Waals surface area (Å²) in [6.07, 6.45) is 3.66. The average molecular weight is 298 g/mol. The van der Waals surface area contributed by atoms with Gasteiger partial charge in [0, 0.05) is 13.2 Å². The summed E-state index contributed by atoms with van der Waals surface area (Å²) < 4.78 is 0. The van der Waals surface area contributed by atoms with Crippen molar-refractivity contribution in [2.24, 2.45) is 4.99 Å². The number of aromatic nitrogens is 2. The SMILES string of the molecule is CC.O=CC=Nc1c(NCCCCCO)[nH]c(=O)[nH]c1=O. The van der Waals surface area contributed by atoms with Crippen LogP contribution in [-0.2, 0) is 4.79 Å². The van der Waals surface area contributed by atoms with Crippen molar-refractivity contribution in [3.63, 3.8) is 0 Å². The third-order valence-electron chi connectivity index (χ3n) is 2.32. The Morgan fingerprint density at radius 1 is 1.19 bits per heavy atom. The summed E-state index contributed by atoms with van der Waals surface area (Å²) >= 11 is 0. The second-order valence-electron chi connectivity index (χ2n) is 3.76. The van der Waals surface area contributed by atoms with Gasteiger partial charge in [-0.2, -0.15) is 0 Å². The van der Waals surface area contributed by atoms with Crippen molar-refractivity contribution in [3.05, 3.63) is 20.8 Å². The van der Waals surface area contributed by atoms with Gasteiger partial charge in [0.25, 0.3) is 5.56 Å². The molecule has 0 saturated carbocycles. The fourth-order valence-corrected chi connectivity index (χ4v) is 1.46. The molecule has 4 N–H and O–H groups in total. The highest BCUT2D eigenvalue weighted by Gasteiger charge is 2.07. The van der Waals surface area contributed by atoms with Gasteiger partial charge in [0.05, 0.1) is 6.21 Å². The molecule has 0 spiro atoms. The molecule has 0 atom stereocenters. The number of H-pyrrole nitrogens is 2. The third-order valence-corrected chi connectivity index (χ3v) is 2.32. The Morgan fingerprint density at radius 3 is 2.52 bits per heavy atom. The van der Waals surface area contributed by atoms with Gasteiger partial charge in [-0.3, -0.25) is 19.6 Å². The number of unbranched alkanes of at least 4 members (excludes halogenated alkanes) is 2. The zero-order valence-electron chi connectivity index (χ0n) is 12.3. The number of carbonyl (C=O) groups excluding carboxylic acids is 1. The maximum Gasteiger partial charge on any atom is 0.327 e. The predicted octanol–water partition coefficient (Wildman–Crippen LogP) is 0.565. The van der Waals surface area contributed by atoms with Crippen molar-refractivity contribution in [1.29, 1.82) is 0 Å². The van der Waals surface area contributed by atoms with Crippen LogP contribution in [0.3, 0.4) is 0 Å². The van der Waals surface area contributed by atoms with Crippen LogP contribution in [0.15, 0.2) is 14.6 Å². The number of nitrogens with zero attached hydrogens (tertiary/aromatic N) is 1. The highest BCUT2D eigenvalue weighted by atomic mass is 16.3. The summed E-state index contributed by atoms with van der Waals surface area (Å²) in [5.41, 5.74) is -1.36. The number of anilines is 1. The normalized spacial score (nSPS) is 10.0. The first-order valence-corrected chi connectivity index (χ1v) is 6.88. The molecule has 0 unspecified atom stereocenters. The second kappa shape index (κ2) is 11.6. The van der Waals surface area contributed by atoms with Gasteiger partial charge >= 0.3 is 5.69 Å². The molecule has 1 aromatic heterocycles. The number of hydrogen-bond acceptors (Lipinski definition) is 6. The van der Waals surface area contributed by atoms with Gasteiger partial charge < -0.3 is 10.4 Å². The van der Waals surface area contributed by atoms with E-state index in [0.717, 1.165) is 19.1 Å². The number of hydrogen-bond donors (Lipinski definition) is 4. The molecule has 0 amide bonds. The first kappa shape index (κ1) is 18.8. The third kappa shape index (κ3) is 7.21. The van der Waals surface area contributed by atoms with E-state index in [2.05, 4.69) is 15.3 Å². The minimum atomic E-state index is -0.667. The summed E-state index contributed by atoms with van der Waals surface area (Å²) in [6.45, 7) is 4.65. The zero-order valence-corrected chi connectivity index (χ0v) is 12.3. The Kier molecular flexibility index (Phi) is 10.4. The van der Waals surface area contributed by atoms with Crippen LogP contribution in [0.5, 0.6) is 0 Å². The summed E-state index contributed by atoms with van der Waals surface area (Å²) in [6, 6.07) is 0. The lowest BCUT2D eigenvalue weighted by Crippen LogP contribution is -2.24. The van der Waals surface area contributed by atoms with E-state index in [4.69, 9.17) is 5.11 Å². The van der Waals surface area contributed by atoms with E-state index >= 15 is 0 Å². The number of aldehydes is 1. The molecule has 8 heteroatoms. The number of aliphatic hydroxyl groups excluding tert-OH is 1. The lowest BCUT2D eigenvalue weighted by molar-refractivity contribution is -0.102. The molecule has 0 aliphatic carbocycles. The van der Waals surface area contributed by atoms with Gasteiger partial charge in [0.2, 0.25) is 0 Å². The van der Waals surface area contributed by atoms with Gasteiger partial charge in [0.1, 0.15) is 5.82 Å². The quantitative estimate of drug-likeness (QED) is 0.317. The molecule has 0 radical (unpaired) electrons. The number of carbonyl (C=O) groups is 1. The smallest absolute Gasteiger partial charge is 0.327 e. The number of aliphatic hydroxyl groups is 1. The van der Waals surface area contributed by atoms with Crippen LogP contribution in [-0.4, -0.2) is 40.7 Å². The van der Waals surface area contributed by atoms with E-state index in [-0.39, 0.29) is 18.1 Å². The topological polar surface area (TPSA) is 127 Å². The highest BCUT2D eigenvalue weighted by Crippen LogP contribution is 2.14. The zero-order chi connectivity index (χ0) is 16.1. The second-order valence-corrected chi connectivity index (χ2v) is 3.76. The fraction of sp³-hybridized carbons (Fsp3) is 0.538. The molecule has 1 heterocycles. The molecule has 0 saturated heterocycles. The van der Waals surface area contributed by atoms with E-state index in [9.17, 15) is 14.4 Å². The number of rotatable bonds is 8. The van der Waals surface area contributed by atoms with Crippen LogP contribution < -0.4 is 16.6 Å². The Labute approximate surface area is 122 Å². The Hall–Kier alpha value is -2.22. The first-order chi connectivity index (χ1) is 10.2. The highest BCUT2D eigenvalue weighted by molar-refractivity contribution is 6.13. The number of aliphatic imine (C=N–C) groups is 1. The van der Waals surface area contributed by atoms with Crippen molar-refractivity contribution in [1.82, 2.24) is 9.97 Å². The van der Waals surface area contributed by atoms with Crippen LogP contribution in [0.25, 0.3) is 0 Å². The molecule has 0 bridgehead atoms. The molecule has 8 nitrogen and oxygen atoms in total. The summed E-state index contributed by atoms with van der Waals surface area (Å²) in [5, 5.41) is 11.5. The lowest BCUT2D eigenvalue weighted by Gasteiger charge is -2.07. The Morgan fingerprint density at radius 2 is 1.90 bits per heavy atom. The molecular weight excluding hydrogens is 276 g/mol. The molecule has 1 rings (SSSR count). The summed E-state index contributed by atoms with van der Waals surface area (Å²) in [5.74, 6) is 0.177. The average Bonchev–Trinajstić information content (AvgIpc) is 2.48. The van der Waals surface area contributed by atoms with E-state index < -0.39 is 11.2 Å². The van der Waals surface area contributed by atoms with Crippen molar-refractivity contribution in [2.75, 3.05) is 18.5 Å². The van der Waals surface area contributed by atoms with Crippen LogP contribution >= 0.6 is 0 Å². The van der Waals surface area contributed by atoms with Crippen LogP contribution in [0.2, 0.25) is 0 Å². The van der Waals surface area contributed by atoms with Gasteiger partial charge in [-0.25, -0.2) is 9.79 Å². The van der Waals surface area contributed by atoms with Crippen molar-refractivity contribution in [3.8, 4) is 0 Å². The monoisotopic (exact) mass is 298 g/mol. The van der Waals surface area contributed by atoms with E-state index in [1.54, 1.807) is 0 Å². The molecule has 0 fully saturated rings. The molecule has 0 aliphatic heterocycles. The van der Waals surface area contributed by atoms with E-state index in [1.807, 2.05) is 18.8 Å². The van der Waals surface area contributed by atoms with Gasteiger partial charge in [0.15, 0.2) is 12.0 Å². The minimum Gasteiger partial charge on any atom is -0.396 e. The van der Waals surface area contributed by atoms with Crippen LogP contribution in [0.4, 0.5) is 11.5 Å². The fourth-order valence-electron chi connectivity index (χ4n) is 1.46. The van der Waals surface area contributed by atoms with Gasteiger partial charge in [-0.15, -0.1) is 0 Å². The number of aromatic amines is 2. The molecule has 21 heavy (non-hydrogen) atoms. The molecule has 0 aromatic carbocycles. The molecule has 118 valence electrons. The van der Waals surface area contributed by atoms with E-state index in [0.29, 0.717) is 19.3 Å². The molecular formula is C13H22N4O4. The van der Waals surface area contributed by atoms with Crippen LogP contribution in [0, 0.1) is 0 Å². The first-order valence-electron chi connectivity index (χ1n) is 6.88. The van der Waals surface area contributed by atoms with Crippen LogP contribution in [0.1, 0.15) is 33.1 Å². The standard InChI is InChI=1S/C11H16N4O4.C2H6/c16-6-3-1-2-4-13-9-8(12-5-7-17)10(18)15-11(19)14-9;1-2/h5,7,16H,1-4,6H2,(H3,13,14,15,18,19);1-2H3.